The number of hydrogen-bond acceptors (Lipinski definition) is 4. The highest BCUT2D eigenvalue weighted by Crippen LogP contribution is 2.15. The number of nitrogens with zero attached hydrogens (tertiary/aromatic N) is 2. The van der Waals surface area contributed by atoms with Gasteiger partial charge in [-0.15, -0.1) is 0 Å². The summed E-state index contributed by atoms with van der Waals surface area (Å²) in [4.78, 5) is 38.0. The first-order valence-electron chi connectivity index (χ1n) is 6.21. The van der Waals surface area contributed by atoms with Gasteiger partial charge in [0.15, 0.2) is 0 Å². The van der Waals surface area contributed by atoms with Gasteiger partial charge in [0.05, 0.1) is 19.0 Å². The molecule has 1 rings (SSSR count). The Balaban J connectivity index is 2.53. The van der Waals surface area contributed by atoms with Gasteiger partial charge in [0.1, 0.15) is 0 Å². The summed E-state index contributed by atoms with van der Waals surface area (Å²) in [5.41, 5.74) is 0. The van der Waals surface area contributed by atoms with Crippen LogP contribution in [0.4, 0.5) is 0 Å². The summed E-state index contributed by atoms with van der Waals surface area (Å²) in [5, 5.41) is 2.86. The molecule has 1 aliphatic heterocycles. The normalized spacial score (nSPS) is 19.8. The van der Waals surface area contributed by atoms with Crippen molar-refractivity contribution in [3.63, 3.8) is 0 Å². The van der Waals surface area contributed by atoms with Crippen molar-refractivity contribution in [3.05, 3.63) is 0 Å². The highest BCUT2D eigenvalue weighted by Gasteiger charge is 2.39. The first kappa shape index (κ1) is 14.6. The lowest BCUT2D eigenvalue weighted by Crippen LogP contribution is -2.45. The van der Waals surface area contributed by atoms with Gasteiger partial charge >= 0.3 is 0 Å². The van der Waals surface area contributed by atoms with E-state index in [4.69, 9.17) is 0 Å². The van der Waals surface area contributed by atoms with Crippen LogP contribution in [0.1, 0.15) is 27.2 Å². The van der Waals surface area contributed by atoms with Gasteiger partial charge in [-0.1, -0.05) is 0 Å². The molecule has 1 fully saturated rings. The minimum Gasteiger partial charge on any atom is -0.345 e. The number of carbonyl (C=O) groups is 3. The number of likely N-dealkylation sites (tertiary alicyclic amines) is 1. The third-order valence-corrected chi connectivity index (χ3v) is 3.10. The van der Waals surface area contributed by atoms with Gasteiger partial charge in [0, 0.05) is 19.6 Å². The summed E-state index contributed by atoms with van der Waals surface area (Å²) < 4.78 is 0. The van der Waals surface area contributed by atoms with Gasteiger partial charge in [0.25, 0.3) is 0 Å². The maximum absolute atomic E-state index is 11.9. The van der Waals surface area contributed by atoms with E-state index in [9.17, 15) is 14.4 Å². The zero-order valence-corrected chi connectivity index (χ0v) is 11.4. The van der Waals surface area contributed by atoms with Crippen molar-refractivity contribution >= 4 is 17.7 Å². The van der Waals surface area contributed by atoms with Crippen LogP contribution in [0.15, 0.2) is 0 Å². The fourth-order valence-corrected chi connectivity index (χ4v) is 1.87. The lowest BCUT2D eigenvalue weighted by molar-refractivity contribution is -0.140. The summed E-state index contributed by atoms with van der Waals surface area (Å²) in [6, 6.07) is -0.695. The molecule has 0 aromatic carbocycles. The highest BCUT2D eigenvalue weighted by molar-refractivity contribution is 6.06. The van der Waals surface area contributed by atoms with E-state index in [0.29, 0.717) is 6.54 Å². The van der Waals surface area contributed by atoms with E-state index in [1.54, 1.807) is 25.8 Å². The summed E-state index contributed by atoms with van der Waals surface area (Å²) >= 11 is 0. The minimum absolute atomic E-state index is 0.0826. The van der Waals surface area contributed by atoms with Gasteiger partial charge < -0.3 is 4.90 Å². The van der Waals surface area contributed by atoms with Crippen LogP contribution in [0.2, 0.25) is 0 Å². The molecule has 1 saturated heterocycles. The second-order valence-corrected chi connectivity index (χ2v) is 4.74. The Morgan fingerprint density at radius 1 is 1.50 bits per heavy atom. The molecule has 18 heavy (non-hydrogen) atoms. The van der Waals surface area contributed by atoms with Crippen LogP contribution >= 0.6 is 0 Å². The molecule has 0 aromatic heterocycles. The number of imide groups is 1. The van der Waals surface area contributed by atoms with E-state index in [0.717, 1.165) is 0 Å². The van der Waals surface area contributed by atoms with Gasteiger partial charge in [-0.25, -0.2) is 0 Å². The number of rotatable bonds is 5. The number of carbonyl (C=O) groups excluding carboxylic acids is 3. The standard InChI is InChI=1S/C12H21N3O3/c1-5-14(4)11(17)7-13-9-6-10(16)15(8(2)3)12(9)18/h8-9,13H,5-7H2,1-4H3. The number of amides is 3. The van der Waals surface area contributed by atoms with Gasteiger partial charge in [0.2, 0.25) is 17.7 Å². The molecule has 3 amide bonds. The Labute approximate surface area is 107 Å². The Hall–Kier alpha value is -1.43. The summed E-state index contributed by atoms with van der Waals surface area (Å²) in [5.74, 6) is -0.494. The van der Waals surface area contributed by atoms with Crippen LogP contribution in [0.3, 0.4) is 0 Å². The molecule has 0 radical (unpaired) electrons. The molecule has 1 N–H and O–H groups in total. The largest absolute Gasteiger partial charge is 0.345 e. The molecule has 0 spiro atoms. The Morgan fingerprint density at radius 2 is 2.11 bits per heavy atom. The number of nitrogens with one attached hydrogen (secondary N) is 1. The van der Waals surface area contributed by atoms with Crippen molar-refractivity contribution in [2.45, 2.75) is 39.3 Å². The van der Waals surface area contributed by atoms with Crippen molar-refractivity contribution in [2.75, 3.05) is 20.1 Å². The van der Waals surface area contributed by atoms with Crippen LogP contribution in [-0.2, 0) is 14.4 Å². The smallest absolute Gasteiger partial charge is 0.247 e. The lowest BCUT2D eigenvalue weighted by Gasteiger charge is -2.20. The predicted octanol–water partition coefficient (Wildman–Crippen LogP) is -0.410. The molecule has 1 aliphatic rings. The first-order valence-corrected chi connectivity index (χ1v) is 6.21. The van der Waals surface area contributed by atoms with Crippen LogP contribution < -0.4 is 5.32 Å². The average molecular weight is 255 g/mol. The zero-order chi connectivity index (χ0) is 13.9. The Bertz CT molecular complexity index is 354. The Morgan fingerprint density at radius 3 is 2.56 bits per heavy atom. The molecule has 1 unspecified atom stereocenters. The van der Waals surface area contributed by atoms with Crippen molar-refractivity contribution in [1.29, 1.82) is 0 Å². The van der Waals surface area contributed by atoms with Crippen LogP contribution in [-0.4, -0.2) is 59.7 Å². The summed E-state index contributed by atoms with van der Waals surface area (Å²) in [6.45, 7) is 6.18. The second-order valence-electron chi connectivity index (χ2n) is 4.74. The molecule has 6 nitrogen and oxygen atoms in total. The molecular formula is C12H21N3O3. The third kappa shape index (κ3) is 3.07. The van der Waals surface area contributed by atoms with E-state index in [-0.39, 0.29) is 36.7 Å². The molecule has 1 heterocycles. The highest BCUT2D eigenvalue weighted by atomic mass is 16.2. The van der Waals surface area contributed by atoms with Crippen molar-refractivity contribution in [2.24, 2.45) is 0 Å². The van der Waals surface area contributed by atoms with E-state index in [2.05, 4.69) is 5.32 Å². The van der Waals surface area contributed by atoms with Crippen LogP contribution in [0.25, 0.3) is 0 Å². The van der Waals surface area contributed by atoms with Gasteiger partial charge in [-0.3, -0.25) is 24.6 Å². The lowest BCUT2D eigenvalue weighted by atomic mass is 10.2. The molecule has 0 aliphatic carbocycles. The second kappa shape index (κ2) is 5.95. The predicted molar refractivity (Wildman–Crippen MR) is 66.7 cm³/mol. The number of hydrogen-bond donors (Lipinski definition) is 1. The molecule has 0 aromatic rings. The SMILES string of the molecule is CCN(C)C(=O)CNC1CC(=O)N(C(C)C)C1=O. The fraction of sp³-hybridized carbons (Fsp3) is 0.750. The van der Waals surface area contributed by atoms with Crippen molar-refractivity contribution in [1.82, 2.24) is 15.1 Å². The zero-order valence-electron chi connectivity index (χ0n) is 11.4. The fourth-order valence-electron chi connectivity index (χ4n) is 1.87. The third-order valence-electron chi connectivity index (χ3n) is 3.10. The quantitative estimate of drug-likeness (QED) is 0.678. The molecule has 1 atom stereocenters. The molecule has 0 saturated carbocycles. The monoisotopic (exact) mass is 255 g/mol. The van der Waals surface area contributed by atoms with E-state index >= 15 is 0 Å². The van der Waals surface area contributed by atoms with E-state index < -0.39 is 6.04 Å². The van der Waals surface area contributed by atoms with Crippen molar-refractivity contribution < 1.29 is 14.4 Å². The number of likely N-dealkylation sites (N-methyl/N-ethyl adjacent to an activating group) is 1. The van der Waals surface area contributed by atoms with E-state index in [1.165, 1.54) is 4.90 Å². The van der Waals surface area contributed by atoms with Crippen molar-refractivity contribution in [3.8, 4) is 0 Å². The van der Waals surface area contributed by atoms with Crippen LogP contribution in [0, 0.1) is 0 Å². The maximum atomic E-state index is 11.9. The molecular weight excluding hydrogens is 234 g/mol. The summed E-state index contributed by atoms with van der Waals surface area (Å²) in [7, 11) is 1.70. The molecule has 6 heteroatoms. The average Bonchev–Trinajstić information content (AvgIpc) is 2.60. The van der Waals surface area contributed by atoms with E-state index in [1.807, 2.05) is 6.92 Å². The van der Waals surface area contributed by atoms with Gasteiger partial charge in [-0.2, -0.15) is 0 Å². The minimum atomic E-state index is -0.561. The summed E-state index contributed by atoms with van der Waals surface area (Å²) in [6.07, 6.45) is 0.139. The van der Waals surface area contributed by atoms with Gasteiger partial charge in [-0.05, 0) is 20.8 Å². The first-order chi connectivity index (χ1) is 8.38. The Kier molecular flexibility index (Phi) is 4.84. The molecule has 102 valence electrons. The maximum Gasteiger partial charge on any atom is 0.247 e. The molecule has 0 bridgehead atoms. The topological polar surface area (TPSA) is 69.7 Å². The van der Waals surface area contributed by atoms with Crippen LogP contribution in [0.5, 0.6) is 0 Å².